The Labute approximate surface area is 137 Å². The van der Waals surface area contributed by atoms with E-state index in [0.717, 1.165) is 0 Å². The second kappa shape index (κ2) is 6.24. The van der Waals surface area contributed by atoms with Gasteiger partial charge in [-0.05, 0) is 18.1 Å². The van der Waals surface area contributed by atoms with Gasteiger partial charge in [0, 0.05) is 6.20 Å². The van der Waals surface area contributed by atoms with Crippen molar-refractivity contribution >= 4 is 24.7 Å². The molecule has 1 atom stereocenters. The third-order valence-corrected chi connectivity index (χ3v) is 3.65. The second-order valence-electron chi connectivity index (χ2n) is 5.46. The molecule has 2 aromatic rings. The van der Waals surface area contributed by atoms with Crippen LogP contribution in [0.25, 0.3) is 0 Å². The minimum absolute atomic E-state index is 0.0247. The SMILES string of the molecule is Nc1cnn(CC(=O)NC2Cc3cccc(C(=O)O)c3OB2O)c1. The lowest BCUT2D eigenvalue weighted by atomic mass is 9.72. The Bertz CT molecular complexity index is 793. The summed E-state index contributed by atoms with van der Waals surface area (Å²) in [5.74, 6) is -2.08. The molecule has 1 aromatic carbocycles. The van der Waals surface area contributed by atoms with Crippen molar-refractivity contribution in [2.75, 3.05) is 5.73 Å². The molecule has 0 aliphatic carbocycles. The lowest BCUT2D eigenvalue weighted by molar-refractivity contribution is -0.122. The van der Waals surface area contributed by atoms with E-state index < -0.39 is 19.0 Å². The number of para-hydroxylation sites is 1. The number of benzene rings is 1. The van der Waals surface area contributed by atoms with Crippen LogP contribution in [0.5, 0.6) is 5.75 Å². The number of nitrogen functional groups attached to an aromatic ring is 1. The number of carboxylic acids is 1. The average molecular weight is 330 g/mol. The van der Waals surface area contributed by atoms with Crippen LogP contribution in [0, 0.1) is 0 Å². The molecule has 24 heavy (non-hydrogen) atoms. The number of amides is 1. The summed E-state index contributed by atoms with van der Waals surface area (Å²) < 4.78 is 6.68. The van der Waals surface area contributed by atoms with Gasteiger partial charge in [0.25, 0.3) is 0 Å². The Morgan fingerprint density at radius 2 is 2.29 bits per heavy atom. The van der Waals surface area contributed by atoms with Crippen LogP contribution in [0.4, 0.5) is 5.69 Å². The number of hydrogen-bond acceptors (Lipinski definition) is 6. The van der Waals surface area contributed by atoms with Crippen molar-refractivity contribution in [1.29, 1.82) is 0 Å². The number of aromatic nitrogens is 2. The highest BCUT2D eigenvalue weighted by atomic mass is 16.5. The maximum absolute atomic E-state index is 12.0. The molecule has 0 saturated carbocycles. The van der Waals surface area contributed by atoms with Crippen LogP contribution in [0.1, 0.15) is 15.9 Å². The fraction of sp³-hybridized carbons (Fsp3) is 0.214. The second-order valence-corrected chi connectivity index (χ2v) is 5.46. The lowest BCUT2D eigenvalue weighted by Crippen LogP contribution is -2.53. The highest BCUT2D eigenvalue weighted by Gasteiger charge is 2.37. The maximum Gasteiger partial charge on any atom is 0.547 e. The molecule has 2 heterocycles. The third-order valence-electron chi connectivity index (χ3n) is 3.65. The first-order chi connectivity index (χ1) is 11.4. The van der Waals surface area contributed by atoms with Crippen LogP contribution in [0.15, 0.2) is 30.6 Å². The molecule has 0 saturated heterocycles. The van der Waals surface area contributed by atoms with Gasteiger partial charge in [0.15, 0.2) is 0 Å². The van der Waals surface area contributed by atoms with Crippen LogP contribution in [-0.4, -0.2) is 44.8 Å². The van der Waals surface area contributed by atoms with E-state index in [0.29, 0.717) is 11.3 Å². The van der Waals surface area contributed by atoms with E-state index in [-0.39, 0.29) is 30.2 Å². The number of carboxylic acid groups (broad SMARTS) is 1. The van der Waals surface area contributed by atoms with Gasteiger partial charge in [0.1, 0.15) is 12.3 Å². The Morgan fingerprint density at radius 3 is 2.96 bits per heavy atom. The van der Waals surface area contributed by atoms with E-state index in [4.69, 9.17) is 15.5 Å². The third kappa shape index (κ3) is 3.18. The first-order valence-electron chi connectivity index (χ1n) is 7.21. The zero-order chi connectivity index (χ0) is 17.3. The first-order valence-corrected chi connectivity index (χ1v) is 7.21. The summed E-state index contributed by atoms with van der Waals surface area (Å²) in [5, 5.41) is 25.8. The van der Waals surface area contributed by atoms with Crippen molar-refractivity contribution in [1.82, 2.24) is 15.1 Å². The quantitative estimate of drug-likeness (QED) is 0.544. The molecule has 0 radical (unpaired) electrons. The van der Waals surface area contributed by atoms with Crippen molar-refractivity contribution in [2.45, 2.75) is 18.9 Å². The van der Waals surface area contributed by atoms with Crippen LogP contribution in [0.2, 0.25) is 0 Å². The fourth-order valence-electron chi connectivity index (χ4n) is 2.58. The van der Waals surface area contributed by atoms with E-state index in [1.165, 1.54) is 23.1 Å². The largest absolute Gasteiger partial charge is 0.547 e. The smallest absolute Gasteiger partial charge is 0.534 e. The number of nitrogens with one attached hydrogen (secondary N) is 1. The topological polar surface area (TPSA) is 140 Å². The Balaban J connectivity index is 1.71. The van der Waals surface area contributed by atoms with E-state index in [1.54, 1.807) is 12.1 Å². The van der Waals surface area contributed by atoms with Gasteiger partial charge in [-0.25, -0.2) is 4.79 Å². The highest BCUT2D eigenvalue weighted by Crippen LogP contribution is 2.30. The van der Waals surface area contributed by atoms with Crippen molar-refractivity contribution in [2.24, 2.45) is 0 Å². The standard InChI is InChI=1S/C14H15BN4O5/c16-9-5-17-19(6-9)7-12(20)18-11-4-8-2-1-3-10(14(21)22)13(8)24-15(11)23/h1-3,5-6,11,23H,4,7,16H2,(H,18,20)(H,21,22). The maximum atomic E-state index is 12.0. The first kappa shape index (κ1) is 15.9. The van der Waals surface area contributed by atoms with Gasteiger partial charge < -0.3 is 25.8 Å². The molecule has 1 aliphatic rings. The highest BCUT2D eigenvalue weighted by molar-refractivity contribution is 6.47. The molecule has 1 amide bonds. The van der Waals surface area contributed by atoms with Crippen LogP contribution in [-0.2, 0) is 17.8 Å². The fourth-order valence-corrected chi connectivity index (χ4v) is 2.58. The minimum Gasteiger partial charge on any atom is -0.534 e. The molecular formula is C14H15BN4O5. The summed E-state index contributed by atoms with van der Waals surface area (Å²) in [4.78, 5) is 23.2. The average Bonchev–Trinajstić information content (AvgIpc) is 2.92. The Morgan fingerprint density at radius 1 is 1.50 bits per heavy atom. The van der Waals surface area contributed by atoms with Gasteiger partial charge in [-0.2, -0.15) is 5.10 Å². The summed E-state index contributed by atoms with van der Waals surface area (Å²) in [7, 11) is -1.34. The van der Waals surface area contributed by atoms with E-state index in [2.05, 4.69) is 10.4 Å². The van der Waals surface area contributed by atoms with Crippen molar-refractivity contribution in [3.63, 3.8) is 0 Å². The molecule has 0 bridgehead atoms. The number of hydrogen-bond donors (Lipinski definition) is 4. The Kier molecular flexibility index (Phi) is 4.13. The van der Waals surface area contributed by atoms with Gasteiger partial charge in [-0.3, -0.25) is 9.48 Å². The molecule has 1 aromatic heterocycles. The molecule has 5 N–H and O–H groups in total. The number of aromatic carboxylic acids is 1. The molecule has 1 aliphatic heterocycles. The Hall–Kier alpha value is -3.01. The monoisotopic (exact) mass is 330 g/mol. The molecule has 124 valence electrons. The normalized spacial score (nSPS) is 16.2. The van der Waals surface area contributed by atoms with E-state index >= 15 is 0 Å². The van der Waals surface area contributed by atoms with Crippen molar-refractivity contribution < 1.29 is 24.4 Å². The number of anilines is 1. The zero-order valence-corrected chi connectivity index (χ0v) is 12.5. The predicted molar refractivity (Wildman–Crippen MR) is 84.3 cm³/mol. The molecule has 0 spiro atoms. The minimum atomic E-state index is -1.34. The molecule has 1 unspecified atom stereocenters. The molecule has 9 nitrogen and oxygen atoms in total. The van der Waals surface area contributed by atoms with Crippen LogP contribution < -0.4 is 15.7 Å². The number of fused-ring (bicyclic) bond motifs is 1. The molecule has 0 fully saturated rings. The number of nitrogens with two attached hydrogens (primary N) is 1. The van der Waals surface area contributed by atoms with Gasteiger partial charge in [0.2, 0.25) is 5.91 Å². The zero-order valence-electron chi connectivity index (χ0n) is 12.5. The van der Waals surface area contributed by atoms with Crippen LogP contribution >= 0.6 is 0 Å². The van der Waals surface area contributed by atoms with Crippen LogP contribution in [0.3, 0.4) is 0 Å². The van der Waals surface area contributed by atoms with Gasteiger partial charge in [-0.1, -0.05) is 12.1 Å². The predicted octanol–water partition coefficient (Wildman–Crippen LogP) is -0.697. The van der Waals surface area contributed by atoms with Gasteiger partial charge >= 0.3 is 13.1 Å². The van der Waals surface area contributed by atoms with E-state index in [1.807, 2.05) is 0 Å². The number of carbonyl (C=O) groups is 2. The van der Waals surface area contributed by atoms with E-state index in [9.17, 15) is 14.6 Å². The summed E-state index contributed by atoms with van der Waals surface area (Å²) in [6.07, 6.45) is 3.20. The van der Waals surface area contributed by atoms with Gasteiger partial charge in [-0.15, -0.1) is 0 Å². The summed E-state index contributed by atoms with van der Waals surface area (Å²) in [5.41, 5.74) is 6.55. The number of rotatable bonds is 4. The molecule has 3 rings (SSSR count). The molecular weight excluding hydrogens is 315 g/mol. The summed E-state index contributed by atoms with van der Waals surface area (Å²) in [6, 6.07) is 4.69. The number of carbonyl (C=O) groups excluding carboxylic acids is 1. The summed E-state index contributed by atoms with van der Waals surface area (Å²) in [6.45, 7) is -0.0531. The van der Waals surface area contributed by atoms with Crippen molar-refractivity contribution in [3.8, 4) is 5.75 Å². The lowest BCUT2D eigenvalue weighted by Gasteiger charge is -2.28. The van der Waals surface area contributed by atoms with Gasteiger partial charge in [0.05, 0.1) is 23.4 Å². The summed E-state index contributed by atoms with van der Waals surface area (Å²) >= 11 is 0. The molecule has 10 heteroatoms. The van der Waals surface area contributed by atoms with Crippen molar-refractivity contribution in [3.05, 3.63) is 41.7 Å². The number of nitrogens with zero attached hydrogens (tertiary/aromatic N) is 2.